The highest BCUT2D eigenvalue weighted by molar-refractivity contribution is 5.38. The van der Waals surface area contributed by atoms with Crippen LogP contribution in [0.3, 0.4) is 0 Å². The van der Waals surface area contributed by atoms with E-state index in [1.807, 2.05) is 30.7 Å². The van der Waals surface area contributed by atoms with Crippen LogP contribution in [0.1, 0.15) is 22.8 Å². The summed E-state index contributed by atoms with van der Waals surface area (Å²) >= 11 is 0. The summed E-state index contributed by atoms with van der Waals surface area (Å²) in [5.41, 5.74) is 3.70. The molecule has 0 radical (unpaired) electrons. The van der Waals surface area contributed by atoms with Crippen LogP contribution in [-0.2, 0) is 13.0 Å². The highest BCUT2D eigenvalue weighted by Crippen LogP contribution is 2.19. The second-order valence-corrected chi connectivity index (χ2v) is 5.76. The van der Waals surface area contributed by atoms with Crippen LogP contribution in [0.25, 0.3) is 5.82 Å². The lowest BCUT2D eigenvalue weighted by atomic mass is 10.1. The minimum absolute atomic E-state index is 0.158. The first-order valence-electron chi connectivity index (χ1n) is 7.52. The fraction of sp³-hybridized carbons (Fsp3) is 0.333. The third-order valence-corrected chi connectivity index (χ3v) is 4.01. The van der Waals surface area contributed by atoms with Crippen LogP contribution < -0.4 is 10.6 Å². The lowest BCUT2D eigenvalue weighted by molar-refractivity contribution is 0.684. The molecule has 0 aliphatic carbocycles. The Hall–Kier alpha value is -2.90. The molecule has 0 unspecified atom stereocenters. The van der Waals surface area contributed by atoms with Gasteiger partial charge in [0.1, 0.15) is 0 Å². The van der Waals surface area contributed by atoms with Crippen molar-refractivity contribution < 1.29 is 0 Å². The van der Waals surface area contributed by atoms with Crippen molar-refractivity contribution in [3.8, 4) is 5.82 Å². The van der Waals surface area contributed by atoms with E-state index in [0.717, 1.165) is 41.6 Å². The number of aromatic nitrogens is 6. The maximum Gasteiger partial charge on any atom is 0.323 e. The number of aromatic amines is 2. The van der Waals surface area contributed by atoms with Gasteiger partial charge in [0, 0.05) is 36.6 Å². The van der Waals surface area contributed by atoms with E-state index in [-0.39, 0.29) is 5.69 Å². The number of nitrogens with zero attached hydrogens (tertiary/aromatic N) is 5. The van der Waals surface area contributed by atoms with Gasteiger partial charge in [-0.2, -0.15) is 10.1 Å². The summed E-state index contributed by atoms with van der Waals surface area (Å²) in [5, 5.41) is 4.46. The first kappa shape index (κ1) is 13.7. The van der Waals surface area contributed by atoms with E-state index < -0.39 is 0 Å². The fourth-order valence-electron chi connectivity index (χ4n) is 2.96. The van der Waals surface area contributed by atoms with Crippen molar-refractivity contribution in [2.45, 2.75) is 26.8 Å². The SMILES string of the molecule is Cc1cc(C)n(-c2ccnc(N3CCc4[nH]c(=O)[nH]c4C3)n2)n1. The minimum atomic E-state index is -0.158. The monoisotopic (exact) mass is 311 g/mol. The van der Waals surface area contributed by atoms with Crippen LogP contribution >= 0.6 is 0 Å². The molecule has 3 aromatic heterocycles. The average molecular weight is 311 g/mol. The van der Waals surface area contributed by atoms with Gasteiger partial charge in [0.25, 0.3) is 0 Å². The van der Waals surface area contributed by atoms with Crippen molar-refractivity contribution in [2.75, 3.05) is 11.4 Å². The number of aryl methyl sites for hydroxylation is 2. The summed E-state index contributed by atoms with van der Waals surface area (Å²) in [6.45, 7) is 5.31. The Kier molecular flexibility index (Phi) is 3.03. The molecule has 8 heteroatoms. The Balaban J connectivity index is 1.67. The van der Waals surface area contributed by atoms with E-state index in [1.54, 1.807) is 6.20 Å². The zero-order valence-electron chi connectivity index (χ0n) is 13.0. The van der Waals surface area contributed by atoms with E-state index in [4.69, 9.17) is 0 Å². The Bertz CT molecular complexity index is 920. The molecule has 23 heavy (non-hydrogen) atoms. The number of hydrogen-bond acceptors (Lipinski definition) is 5. The number of anilines is 1. The molecule has 118 valence electrons. The predicted octanol–water partition coefficient (Wildman–Crippen LogP) is 0.858. The molecule has 2 N–H and O–H groups in total. The smallest absolute Gasteiger partial charge is 0.323 e. The number of hydrogen-bond donors (Lipinski definition) is 2. The fourth-order valence-corrected chi connectivity index (χ4v) is 2.96. The van der Waals surface area contributed by atoms with Gasteiger partial charge in [0.05, 0.1) is 17.9 Å². The maximum absolute atomic E-state index is 11.4. The van der Waals surface area contributed by atoms with Gasteiger partial charge in [-0.25, -0.2) is 14.5 Å². The molecule has 4 heterocycles. The van der Waals surface area contributed by atoms with Crippen molar-refractivity contribution >= 4 is 5.95 Å². The summed E-state index contributed by atoms with van der Waals surface area (Å²) in [5.74, 6) is 1.39. The summed E-state index contributed by atoms with van der Waals surface area (Å²) in [6.07, 6.45) is 2.51. The molecule has 0 atom stereocenters. The molecule has 1 aliphatic rings. The molecule has 0 spiro atoms. The van der Waals surface area contributed by atoms with Crippen molar-refractivity contribution in [2.24, 2.45) is 0 Å². The zero-order valence-corrected chi connectivity index (χ0v) is 13.0. The first-order chi connectivity index (χ1) is 11.1. The topological polar surface area (TPSA) is 95.5 Å². The van der Waals surface area contributed by atoms with Gasteiger partial charge in [-0.15, -0.1) is 0 Å². The molecule has 8 nitrogen and oxygen atoms in total. The normalized spacial score (nSPS) is 14.1. The number of rotatable bonds is 2. The number of imidazole rings is 1. The first-order valence-corrected chi connectivity index (χ1v) is 7.52. The van der Waals surface area contributed by atoms with Crippen LogP contribution in [0.4, 0.5) is 5.95 Å². The average Bonchev–Trinajstić information content (AvgIpc) is 3.07. The number of H-pyrrole nitrogens is 2. The van der Waals surface area contributed by atoms with Crippen molar-refractivity contribution in [1.29, 1.82) is 0 Å². The quantitative estimate of drug-likeness (QED) is 0.732. The lowest BCUT2D eigenvalue weighted by Gasteiger charge is -2.26. The predicted molar refractivity (Wildman–Crippen MR) is 84.8 cm³/mol. The second-order valence-electron chi connectivity index (χ2n) is 5.76. The van der Waals surface area contributed by atoms with Crippen molar-refractivity contribution in [1.82, 2.24) is 29.7 Å². The Morgan fingerprint density at radius 1 is 1.22 bits per heavy atom. The van der Waals surface area contributed by atoms with Gasteiger partial charge >= 0.3 is 5.69 Å². The highest BCUT2D eigenvalue weighted by Gasteiger charge is 2.21. The van der Waals surface area contributed by atoms with E-state index >= 15 is 0 Å². The molecular formula is C15H17N7O. The van der Waals surface area contributed by atoms with Gasteiger partial charge in [0.15, 0.2) is 5.82 Å². The molecule has 0 saturated carbocycles. The molecule has 0 aromatic carbocycles. The molecule has 0 fully saturated rings. The van der Waals surface area contributed by atoms with Crippen LogP contribution in [0.5, 0.6) is 0 Å². The molecule has 3 aromatic rings. The van der Waals surface area contributed by atoms with Crippen LogP contribution in [0, 0.1) is 13.8 Å². The largest absolute Gasteiger partial charge is 0.334 e. The third kappa shape index (κ3) is 2.41. The van der Waals surface area contributed by atoms with Crippen molar-refractivity contribution in [3.63, 3.8) is 0 Å². The van der Waals surface area contributed by atoms with Gasteiger partial charge in [-0.05, 0) is 19.9 Å². The number of fused-ring (bicyclic) bond motifs is 1. The lowest BCUT2D eigenvalue weighted by Crippen LogP contribution is -2.32. The van der Waals surface area contributed by atoms with Crippen LogP contribution in [0.15, 0.2) is 23.1 Å². The zero-order chi connectivity index (χ0) is 16.0. The van der Waals surface area contributed by atoms with Gasteiger partial charge in [-0.1, -0.05) is 0 Å². The van der Waals surface area contributed by atoms with E-state index in [0.29, 0.717) is 12.5 Å². The highest BCUT2D eigenvalue weighted by atomic mass is 16.1. The van der Waals surface area contributed by atoms with Crippen LogP contribution in [-0.4, -0.2) is 36.3 Å². The molecule has 0 amide bonds. The third-order valence-electron chi connectivity index (χ3n) is 4.01. The Labute approximate surface area is 132 Å². The summed E-state index contributed by atoms with van der Waals surface area (Å²) in [7, 11) is 0. The molecular weight excluding hydrogens is 294 g/mol. The van der Waals surface area contributed by atoms with E-state index in [2.05, 4.69) is 29.9 Å². The second kappa shape index (κ2) is 5.08. The molecule has 1 aliphatic heterocycles. The minimum Gasteiger partial charge on any atom is -0.334 e. The molecule has 0 bridgehead atoms. The Morgan fingerprint density at radius 3 is 2.83 bits per heavy atom. The van der Waals surface area contributed by atoms with Gasteiger partial charge in [-0.3, -0.25) is 0 Å². The summed E-state index contributed by atoms with van der Waals surface area (Å²) in [4.78, 5) is 28.1. The van der Waals surface area contributed by atoms with Crippen molar-refractivity contribution in [3.05, 3.63) is 51.6 Å². The molecule has 0 saturated heterocycles. The number of nitrogens with one attached hydrogen (secondary N) is 2. The van der Waals surface area contributed by atoms with Gasteiger partial charge < -0.3 is 14.9 Å². The maximum atomic E-state index is 11.4. The summed E-state index contributed by atoms with van der Waals surface area (Å²) < 4.78 is 1.81. The van der Waals surface area contributed by atoms with Gasteiger partial charge in [0.2, 0.25) is 5.95 Å². The molecule has 4 rings (SSSR count). The summed E-state index contributed by atoms with van der Waals surface area (Å²) in [6, 6.07) is 3.86. The Morgan fingerprint density at radius 2 is 2.04 bits per heavy atom. The van der Waals surface area contributed by atoms with E-state index in [1.165, 1.54) is 0 Å². The van der Waals surface area contributed by atoms with E-state index in [9.17, 15) is 4.79 Å². The standard InChI is InChI=1S/C15H17N7O/c1-9-7-10(2)22(20-9)13-3-5-16-14(19-13)21-6-4-11-12(8-21)18-15(23)17-11/h3,5,7H,4,6,8H2,1-2H3,(H2,17,18,23). The van der Waals surface area contributed by atoms with Crippen LogP contribution in [0.2, 0.25) is 0 Å².